The van der Waals surface area contributed by atoms with Crippen LogP contribution in [0.5, 0.6) is 0 Å². The molecule has 0 aromatic rings. The molecule has 0 spiro atoms. The minimum absolute atomic E-state index is 0.667. The van der Waals surface area contributed by atoms with E-state index in [4.69, 9.17) is 0 Å². The van der Waals surface area contributed by atoms with Gasteiger partial charge in [-0.05, 0) is 6.92 Å². The lowest BCUT2D eigenvalue weighted by Gasteiger charge is -2.42. The van der Waals surface area contributed by atoms with E-state index in [9.17, 15) is 83.8 Å². The van der Waals surface area contributed by atoms with Crippen LogP contribution in [-0.4, -0.2) is 66.4 Å². The minimum atomic E-state index is -8.55. The van der Waals surface area contributed by atoms with Crippen molar-refractivity contribution in [3.05, 3.63) is 12.2 Å². The quantitative estimate of drug-likeness (QED) is 0.178. The van der Waals surface area contributed by atoms with Gasteiger partial charge in [0.1, 0.15) is 5.57 Å². The summed E-state index contributed by atoms with van der Waals surface area (Å²) in [6.07, 6.45) is -10.1. The molecule has 0 aliphatic carbocycles. The zero-order chi connectivity index (χ0) is 28.1. The molecule has 0 radical (unpaired) electrons. The van der Waals surface area contributed by atoms with Crippen molar-refractivity contribution in [3.63, 3.8) is 0 Å². The van der Waals surface area contributed by atoms with Gasteiger partial charge in [-0.25, -0.2) is 9.18 Å². The van der Waals surface area contributed by atoms with Gasteiger partial charge < -0.3 is 4.74 Å². The zero-order valence-corrected chi connectivity index (χ0v) is 15.6. The number of hydrogen-bond donors (Lipinski definition) is 0. The summed E-state index contributed by atoms with van der Waals surface area (Å²) >= 11 is 0. The molecule has 0 saturated heterocycles. The smallest absolute Gasteiger partial charge is 0.422 e. The van der Waals surface area contributed by atoms with Crippen LogP contribution in [0, 0.1) is 0 Å². The summed E-state index contributed by atoms with van der Waals surface area (Å²) in [5.41, 5.74) is -3.48. The molecule has 0 aromatic heterocycles. The van der Waals surface area contributed by atoms with Crippen molar-refractivity contribution < 1.29 is 88.6 Å². The maximum absolute atomic E-state index is 13.7. The first-order valence-electron chi connectivity index (χ1n) is 7.70. The number of hydrogen-bond acceptors (Lipinski definition) is 2. The normalized spacial score (nSPS) is 16.3. The van der Waals surface area contributed by atoms with Gasteiger partial charge in [0.25, 0.3) is 0 Å². The Labute approximate surface area is 175 Å². The van der Waals surface area contributed by atoms with Crippen LogP contribution in [0.3, 0.4) is 0 Å². The lowest BCUT2D eigenvalue weighted by molar-refractivity contribution is -0.441. The van der Waals surface area contributed by atoms with Gasteiger partial charge in [0.2, 0.25) is 0 Å². The maximum atomic E-state index is 13.7. The first-order chi connectivity index (χ1) is 14.5. The monoisotopic (exact) mass is 550 g/mol. The van der Waals surface area contributed by atoms with Crippen LogP contribution in [0.15, 0.2) is 12.2 Å². The third kappa shape index (κ3) is 4.59. The van der Waals surface area contributed by atoms with Gasteiger partial charge >= 0.3 is 53.6 Å². The second kappa shape index (κ2) is 8.56. The number of carbonyl (C=O) groups is 1. The Kier molecular flexibility index (Phi) is 8.04. The Bertz CT molecular complexity index is 778. The van der Waals surface area contributed by atoms with Crippen molar-refractivity contribution in [2.75, 3.05) is 6.61 Å². The molecular weight excluding hydrogens is 542 g/mol. The van der Waals surface area contributed by atoms with E-state index in [-0.39, 0.29) is 0 Å². The van der Waals surface area contributed by atoms with E-state index < -0.39 is 78.9 Å². The molecule has 0 bridgehead atoms. The van der Waals surface area contributed by atoms with Gasteiger partial charge in [-0.3, -0.25) is 0 Å². The van der Waals surface area contributed by atoms with E-state index >= 15 is 0 Å². The van der Waals surface area contributed by atoms with E-state index in [1.54, 1.807) is 6.58 Å². The number of esters is 1. The minimum Gasteiger partial charge on any atom is -0.453 e. The molecular formula is C14H8F18O2. The number of halogens is 18. The SMILES string of the molecule is C=C(C(=O)OCC(F)(F)F)C(F)(F)C(F)(F)C(F)(F)C(F)(F)C(F)(F)C(F)(F)C(F)(F)C(C)F. The molecule has 0 fully saturated rings. The number of ether oxygens (including phenoxy) is 1. The first-order valence-corrected chi connectivity index (χ1v) is 7.70. The fourth-order valence-corrected chi connectivity index (χ4v) is 1.80. The molecule has 202 valence electrons. The van der Waals surface area contributed by atoms with Crippen LogP contribution < -0.4 is 0 Å². The Hall–Kier alpha value is -2.05. The molecule has 0 heterocycles. The van der Waals surface area contributed by atoms with Gasteiger partial charge in [0.15, 0.2) is 12.8 Å². The molecule has 20 heteroatoms. The summed E-state index contributed by atoms with van der Waals surface area (Å²) in [7, 11) is 0. The van der Waals surface area contributed by atoms with Crippen LogP contribution in [0.1, 0.15) is 6.92 Å². The third-order valence-electron chi connectivity index (χ3n) is 3.88. The summed E-state index contributed by atoms with van der Waals surface area (Å²) in [5.74, 6) is -58.9. The van der Waals surface area contributed by atoms with Gasteiger partial charge in [-0.1, -0.05) is 6.58 Å². The molecule has 0 amide bonds. The second-order valence-electron chi connectivity index (χ2n) is 6.36. The van der Waals surface area contributed by atoms with Crippen LogP contribution in [-0.2, 0) is 9.53 Å². The van der Waals surface area contributed by atoms with Crippen molar-refractivity contribution in [2.24, 2.45) is 0 Å². The summed E-state index contributed by atoms with van der Waals surface area (Å²) in [5, 5.41) is 0. The number of rotatable bonds is 10. The lowest BCUT2D eigenvalue weighted by Crippen LogP contribution is -2.74. The van der Waals surface area contributed by atoms with Crippen LogP contribution in [0.4, 0.5) is 79.0 Å². The molecule has 0 aliphatic heterocycles. The Morgan fingerprint density at radius 2 is 1.00 bits per heavy atom. The summed E-state index contributed by atoms with van der Waals surface area (Å²) < 4.78 is 239. The van der Waals surface area contributed by atoms with Crippen molar-refractivity contribution in [1.82, 2.24) is 0 Å². The molecule has 0 rings (SSSR count). The van der Waals surface area contributed by atoms with Gasteiger partial charge in [0.05, 0.1) is 0 Å². The number of alkyl halides is 18. The molecule has 1 atom stereocenters. The Balaban J connectivity index is 6.55. The van der Waals surface area contributed by atoms with Crippen LogP contribution in [0.2, 0.25) is 0 Å². The Morgan fingerprint density at radius 1 is 0.676 bits per heavy atom. The highest BCUT2D eigenvalue weighted by Gasteiger charge is 2.93. The molecule has 2 nitrogen and oxygen atoms in total. The molecule has 1 unspecified atom stereocenters. The average molecular weight is 550 g/mol. The van der Waals surface area contributed by atoms with E-state index in [0.29, 0.717) is 0 Å². The fourth-order valence-electron chi connectivity index (χ4n) is 1.80. The highest BCUT2D eigenvalue weighted by Crippen LogP contribution is 2.63. The van der Waals surface area contributed by atoms with E-state index in [0.717, 1.165) is 0 Å². The number of carbonyl (C=O) groups excluding carboxylic acids is 1. The fraction of sp³-hybridized carbons (Fsp3) is 0.786. The molecule has 34 heavy (non-hydrogen) atoms. The van der Waals surface area contributed by atoms with Crippen molar-refractivity contribution in [2.45, 2.75) is 60.7 Å². The second-order valence-corrected chi connectivity index (χ2v) is 6.36. The molecule has 0 aromatic carbocycles. The van der Waals surface area contributed by atoms with Gasteiger partial charge in [-0.15, -0.1) is 0 Å². The van der Waals surface area contributed by atoms with E-state index in [2.05, 4.69) is 4.74 Å². The Morgan fingerprint density at radius 3 is 1.32 bits per heavy atom. The van der Waals surface area contributed by atoms with Gasteiger partial charge in [-0.2, -0.15) is 74.6 Å². The largest absolute Gasteiger partial charge is 0.453 e. The highest BCUT2D eigenvalue weighted by atomic mass is 19.4. The van der Waals surface area contributed by atoms with Gasteiger partial charge in [0, 0.05) is 0 Å². The van der Waals surface area contributed by atoms with E-state index in [1.165, 1.54) is 0 Å². The summed E-state index contributed by atoms with van der Waals surface area (Å²) in [6.45, 7) is -1.92. The predicted molar refractivity (Wildman–Crippen MR) is 71.4 cm³/mol. The predicted octanol–water partition coefficient (Wildman–Crippen LogP) is 6.45. The standard InChI is InChI=1S/C14H8F18O2/c1-4(6(33)34-3-7(16,17)18)8(19,20)10(23,24)12(27,28)14(31,32)13(29,30)11(25,26)9(21,22)5(2)15/h5H,1,3H2,2H3. The average Bonchev–Trinajstić information content (AvgIpc) is 2.63. The molecule has 0 saturated carbocycles. The topological polar surface area (TPSA) is 26.3 Å². The third-order valence-corrected chi connectivity index (χ3v) is 3.88. The van der Waals surface area contributed by atoms with Crippen LogP contribution in [0.25, 0.3) is 0 Å². The molecule has 0 aliphatic rings. The van der Waals surface area contributed by atoms with Crippen molar-refractivity contribution >= 4 is 5.97 Å². The maximum Gasteiger partial charge on any atom is 0.422 e. The van der Waals surface area contributed by atoms with E-state index in [1.807, 2.05) is 0 Å². The zero-order valence-electron chi connectivity index (χ0n) is 15.6. The highest BCUT2D eigenvalue weighted by molar-refractivity contribution is 5.90. The van der Waals surface area contributed by atoms with Crippen LogP contribution >= 0.6 is 0 Å². The summed E-state index contributed by atoms with van der Waals surface area (Å²) in [4.78, 5) is 10.9. The van der Waals surface area contributed by atoms with Crippen molar-refractivity contribution in [3.8, 4) is 0 Å². The summed E-state index contributed by atoms with van der Waals surface area (Å²) in [6, 6.07) is 0. The molecule has 0 N–H and O–H groups in total. The first kappa shape index (κ1) is 31.9. The lowest BCUT2D eigenvalue weighted by atomic mass is 9.87. The van der Waals surface area contributed by atoms with Crippen molar-refractivity contribution in [1.29, 1.82) is 0 Å².